The number of rotatable bonds is 6. The van der Waals surface area contributed by atoms with Gasteiger partial charge in [-0.1, -0.05) is 35.2 Å². The van der Waals surface area contributed by atoms with Crippen molar-refractivity contribution in [1.29, 1.82) is 0 Å². The fourth-order valence-corrected chi connectivity index (χ4v) is 7.46. The lowest BCUT2D eigenvalue weighted by atomic mass is 10.2. The summed E-state index contributed by atoms with van der Waals surface area (Å²) in [4.78, 5) is 16.7. The number of thiazole rings is 2. The molecule has 35 heavy (non-hydrogen) atoms. The summed E-state index contributed by atoms with van der Waals surface area (Å²) in [5.74, 6) is 1.68. The molecule has 0 bridgehead atoms. The number of para-hydroxylation sites is 1. The van der Waals surface area contributed by atoms with E-state index >= 15 is 0 Å². The number of hydrogen-bond donors (Lipinski definition) is 0. The van der Waals surface area contributed by atoms with Crippen molar-refractivity contribution in [3.05, 3.63) is 84.2 Å². The van der Waals surface area contributed by atoms with Gasteiger partial charge in [0.15, 0.2) is 12.7 Å². The number of anilines is 1. The number of benzene rings is 2. The van der Waals surface area contributed by atoms with Gasteiger partial charge in [-0.15, -0.1) is 11.3 Å². The van der Waals surface area contributed by atoms with Gasteiger partial charge in [-0.05, 0) is 37.3 Å². The monoisotopic (exact) mass is 524 g/mol. The van der Waals surface area contributed by atoms with Gasteiger partial charge in [0.25, 0.3) is 10.6 Å². The van der Waals surface area contributed by atoms with Gasteiger partial charge < -0.3 is 14.4 Å². The van der Waals surface area contributed by atoms with Crippen molar-refractivity contribution >= 4 is 51.2 Å². The van der Waals surface area contributed by atoms with Gasteiger partial charge in [0.2, 0.25) is 0 Å². The first kappa shape index (κ1) is 23.7. The molecule has 180 valence electrons. The fraction of sp³-hybridized carbons (Fsp3) is 0.231. The van der Waals surface area contributed by atoms with Crippen molar-refractivity contribution in [2.45, 2.75) is 24.9 Å². The normalized spacial score (nSPS) is 15.0. The third-order valence-electron chi connectivity index (χ3n) is 5.95. The fourth-order valence-electron chi connectivity index (χ4n) is 4.11. The van der Waals surface area contributed by atoms with Crippen LogP contribution in [-0.4, -0.2) is 25.8 Å². The molecule has 0 saturated heterocycles. The van der Waals surface area contributed by atoms with Crippen LogP contribution in [0.25, 0.3) is 11.1 Å². The van der Waals surface area contributed by atoms with Gasteiger partial charge in [0, 0.05) is 18.5 Å². The van der Waals surface area contributed by atoms with Crippen molar-refractivity contribution in [3.8, 4) is 11.5 Å². The van der Waals surface area contributed by atoms with Gasteiger partial charge in [0.05, 0.1) is 36.9 Å². The highest BCUT2D eigenvalue weighted by atomic mass is 32.2. The summed E-state index contributed by atoms with van der Waals surface area (Å²) in [5.41, 5.74) is 2.24. The quantitative estimate of drug-likeness (QED) is 0.362. The molecule has 4 aromatic rings. The molecule has 0 saturated carbocycles. The molecular formula is C26H26N3O3S3+. The van der Waals surface area contributed by atoms with Crippen LogP contribution in [0.3, 0.4) is 0 Å². The SMILES string of the molecule is CCn1c(=O)/c(=C2\Sc3cc(OC)ccc3N2C)s/c1=C\c1scc[n+]1Cc1ccccc1OC. The molecule has 1 aliphatic heterocycles. The second kappa shape index (κ2) is 9.93. The predicted molar refractivity (Wildman–Crippen MR) is 144 cm³/mol. The molecule has 0 radical (unpaired) electrons. The zero-order valence-corrected chi connectivity index (χ0v) is 22.4. The second-order valence-corrected chi connectivity index (χ2v) is 10.9. The Morgan fingerprint density at radius 3 is 2.71 bits per heavy atom. The number of hydrogen-bond acceptors (Lipinski definition) is 7. The highest BCUT2D eigenvalue weighted by Gasteiger charge is 2.25. The van der Waals surface area contributed by atoms with E-state index in [4.69, 9.17) is 9.47 Å². The lowest BCUT2D eigenvalue weighted by Gasteiger charge is -2.12. The summed E-state index contributed by atoms with van der Waals surface area (Å²) >= 11 is 4.83. The molecule has 0 N–H and O–H groups in total. The first-order valence-electron chi connectivity index (χ1n) is 11.2. The van der Waals surface area contributed by atoms with Crippen LogP contribution in [0, 0.1) is 0 Å². The lowest BCUT2D eigenvalue weighted by molar-refractivity contribution is -0.685. The van der Waals surface area contributed by atoms with Crippen molar-refractivity contribution in [3.63, 3.8) is 0 Å². The van der Waals surface area contributed by atoms with Gasteiger partial charge in [-0.3, -0.25) is 9.36 Å². The Morgan fingerprint density at radius 1 is 1.11 bits per heavy atom. The van der Waals surface area contributed by atoms with Crippen LogP contribution in [0.15, 0.2) is 63.7 Å². The van der Waals surface area contributed by atoms with Crippen LogP contribution in [-0.2, 0) is 13.1 Å². The maximum absolute atomic E-state index is 13.5. The first-order valence-corrected chi connectivity index (χ1v) is 13.7. The number of ether oxygens (including phenoxy) is 2. The van der Waals surface area contributed by atoms with Crippen LogP contribution in [0.4, 0.5) is 5.69 Å². The van der Waals surface area contributed by atoms with E-state index in [-0.39, 0.29) is 5.56 Å². The molecule has 0 amide bonds. The summed E-state index contributed by atoms with van der Waals surface area (Å²) in [6.07, 6.45) is 4.20. The molecule has 5 rings (SSSR count). The van der Waals surface area contributed by atoms with E-state index in [9.17, 15) is 4.79 Å². The van der Waals surface area contributed by atoms with Crippen LogP contribution in [0.1, 0.15) is 17.5 Å². The average molecular weight is 525 g/mol. The van der Waals surface area contributed by atoms with Crippen molar-refractivity contribution in [2.75, 3.05) is 26.2 Å². The van der Waals surface area contributed by atoms with Crippen molar-refractivity contribution < 1.29 is 14.0 Å². The molecule has 0 fully saturated rings. The van der Waals surface area contributed by atoms with E-state index in [0.29, 0.717) is 13.1 Å². The van der Waals surface area contributed by atoms with Crippen LogP contribution in [0.2, 0.25) is 0 Å². The van der Waals surface area contributed by atoms with Gasteiger partial charge in [0.1, 0.15) is 25.7 Å². The summed E-state index contributed by atoms with van der Waals surface area (Å²) in [6, 6.07) is 14.1. The standard InChI is InChI=1S/C26H26N3O3S3/c1-5-29-23(15-22-28(12-13-33-22)16-17-8-6-7-9-20(17)32-4)35-24(25(29)30)26-27(2)19-11-10-18(31-3)14-21(19)34-26/h6-15H,5,16H2,1-4H3/q+1/b26-24+. The molecule has 1 aliphatic rings. The van der Waals surface area contributed by atoms with Gasteiger partial charge in [-0.2, -0.15) is 4.57 Å². The topological polar surface area (TPSA) is 47.6 Å². The highest BCUT2D eigenvalue weighted by molar-refractivity contribution is 8.08. The number of methoxy groups -OCH3 is 2. The molecule has 2 aromatic carbocycles. The Morgan fingerprint density at radius 2 is 1.94 bits per heavy atom. The molecule has 0 aliphatic carbocycles. The van der Waals surface area contributed by atoms with E-state index in [1.54, 1.807) is 48.7 Å². The number of fused-ring (bicyclic) bond motifs is 1. The Kier molecular flexibility index (Phi) is 6.73. The largest absolute Gasteiger partial charge is 0.497 e. The van der Waals surface area contributed by atoms with Crippen LogP contribution in [0.5, 0.6) is 11.5 Å². The smallest absolute Gasteiger partial charge is 0.271 e. The van der Waals surface area contributed by atoms with Gasteiger partial charge >= 0.3 is 0 Å². The predicted octanol–water partition coefficient (Wildman–Crippen LogP) is 3.48. The molecule has 3 heterocycles. The minimum atomic E-state index is 0.0469. The maximum Gasteiger partial charge on any atom is 0.271 e. The van der Waals surface area contributed by atoms with E-state index in [0.717, 1.165) is 46.9 Å². The van der Waals surface area contributed by atoms with E-state index in [2.05, 4.69) is 33.2 Å². The summed E-state index contributed by atoms with van der Waals surface area (Å²) in [6.45, 7) is 3.32. The minimum Gasteiger partial charge on any atom is -0.497 e. The number of aromatic nitrogens is 2. The van der Waals surface area contributed by atoms with E-state index in [1.807, 2.05) is 54.9 Å². The Balaban J connectivity index is 1.59. The Labute approximate surface area is 216 Å². The molecule has 0 spiro atoms. The molecule has 9 heteroatoms. The molecule has 2 aromatic heterocycles. The zero-order valence-electron chi connectivity index (χ0n) is 20.0. The first-order chi connectivity index (χ1) is 17.0. The van der Waals surface area contributed by atoms with Crippen molar-refractivity contribution in [2.24, 2.45) is 0 Å². The third kappa shape index (κ3) is 4.39. The van der Waals surface area contributed by atoms with Crippen LogP contribution < -0.4 is 33.7 Å². The van der Waals surface area contributed by atoms with Crippen LogP contribution >= 0.6 is 34.4 Å². The summed E-state index contributed by atoms with van der Waals surface area (Å²) in [7, 11) is 5.38. The average Bonchev–Trinajstić information content (AvgIpc) is 3.54. The Bertz CT molecular complexity index is 1570. The van der Waals surface area contributed by atoms with E-state index < -0.39 is 0 Å². The second-order valence-electron chi connectivity index (χ2n) is 7.94. The summed E-state index contributed by atoms with van der Waals surface area (Å²) < 4.78 is 16.7. The summed E-state index contributed by atoms with van der Waals surface area (Å²) in [5, 5.41) is 4.11. The maximum atomic E-state index is 13.5. The molecular weight excluding hydrogens is 499 g/mol. The number of nitrogens with zero attached hydrogens (tertiary/aromatic N) is 3. The third-order valence-corrected chi connectivity index (χ3v) is 9.27. The molecule has 0 unspecified atom stereocenters. The van der Waals surface area contributed by atoms with E-state index in [1.165, 1.54) is 0 Å². The zero-order chi connectivity index (χ0) is 24.5. The lowest BCUT2D eigenvalue weighted by Crippen LogP contribution is -2.36. The highest BCUT2D eigenvalue weighted by Crippen LogP contribution is 2.46. The minimum absolute atomic E-state index is 0.0469. The number of thioether (sulfide) groups is 1. The Hall–Kier alpha value is -3.01. The molecule has 6 nitrogen and oxygen atoms in total. The van der Waals surface area contributed by atoms with Crippen molar-refractivity contribution in [1.82, 2.24) is 4.57 Å². The molecule has 0 atom stereocenters. The van der Waals surface area contributed by atoms with Gasteiger partial charge in [-0.25, -0.2) is 0 Å².